The van der Waals surface area contributed by atoms with Gasteiger partial charge in [0.15, 0.2) is 0 Å². The van der Waals surface area contributed by atoms with Crippen LogP contribution in [0.4, 0.5) is 0 Å². The van der Waals surface area contributed by atoms with Crippen LogP contribution in [0.25, 0.3) is 75.4 Å². The van der Waals surface area contributed by atoms with E-state index < -0.39 is 0 Å². The molecule has 32 heavy (non-hydrogen) atoms. The lowest BCUT2D eigenvalue weighted by atomic mass is 9.93. The standard InChI is InChI=1S/C30H14Cl2/c31-15-7-9-17-19-3-1-5-21-25-13-28-24-12-16(32)8-10-18(24)20-4-2-6-22(30(20)28)26(25)14-27(29(19)21)23(17)11-15/h1-14H. The van der Waals surface area contributed by atoms with Crippen molar-refractivity contribution in [3.63, 3.8) is 0 Å². The van der Waals surface area contributed by atoms with Crippen molar-refractivity contribution in [1.29, 1.82) is 0 Å². The number of fused-ring (bicyclic) bond motifs is 9. The minimum Gasteiger partial charge on any atom is -0.0843 e. The van der Waals surface area contributed by atoms with Crippen LogP contribution in [0.5, 0.6) is 0 Å². The summed E-state index contributed by atoms with van der Waals surface area (Å²) >= 11 is 12.8. The van der Waals surface area contributed by atoms with Crippen LogP contribution >= 0.6 is 23.2 Å². The molecule has 0 amide bonds. The van der Waals surface area contributed by atoms with Crippen LogP contribution in [-0.2, 0) is 0 Å². The highest BCUT2D eigenvalue weighted by atomic mass is 35.5. The Kier molecular flexibility index (Phi) is 3.09. The zero-order valence-electron chi connectivity index (χ0n) is 16.8. The molecular weight excluding hydrogens is 431 g/mol. The van der Waals surface area contributed by atoms with Crippen molar-refractivity contribution < 1.29 is 0 Å². The summed E-state index contributed by atoms with van der Waals surface area (Å²) in [6.45, 7) is 0. The molecule has 0 bridgehead atoms. The van der Waals surface area contributed by atoms with Crippen LogP contribution in [0.3, 0.4) is 0 Å². The molecule has 0 heterocycles. The van der Waals surface area contributed by atoms with Crippen molar-refractivity contribution >= 4 is 98.6 Å². The van der Waals surface area contributed by atoms with E-state index in [4.69, 9.17) is 23.2 Å². The molecule has 0 unspecified atom stereocenters. The van der Waals surface area contributed by atoms with Gasteiger partial charge in [-0.05, 0) is 112 Å². The summed E-state index contributed by atoms with van der Waals surface area (Å²) in [5, 5.41) is 19.5. The van der Waals surface area contributed by atoms with E-state index in [1.807, 2.05) is 12.1 Å². The largest absolute Gasteiger partial charge is 0.0843 e. The monoisotopic (exact) mass is 444 g/mol. The van der Waals surface area contributed by atoms with E-state index in [1.54, 1.807) is 0 Å². The van der Waals surface area contributed by atoms with E-state index in [9.17, 15) is 0 Å². The second-order valence-corrected chi connectivity index (χ2v) is 9.65. The number of hydrogen-bond acceptors (Lipinski definition) is 0. The summed E-state index contributed by atoms with van der Waals surface area (Å²) in [5.74, 6) is 0. The summed E-state index contributed by atoms with van der Waals surface area (Å²) in [5.41, 5.74) is 0. The molecule has 0 radical (unpaired) electrons. The maximum Gasteiger partial charge on any atom is 0.0412 e. The fourth-order valence-electron chi connectivity index (χ4n) is 5.99. The Morgan fingerprint density at radius 2 is 0.688 bits per heavy atom. The fraction of sp³-hybridized carbons (Fsp3) is 0. The van der Waals surface area contributed by atoms with Gasteiger partial charge in [-0.2, -0.15) is 0 Å². The lowest BCUT2D eigenvalue weighted by Gasteiger charge is -2.10. The van der Waals surface area contributed by atoms with Gasteiger partial charge in [0.25, 0.3) is 0 Å². The highest BCUT2D eigenvalue weighted by molar-refractivity contribution is 6.42. The molecule has 0 saturated heterocycles. The van der Waals surface area contributed by atoms with Gasteiger partial charge >= 0.3 is 0 Å². The third-order valence-corrected chi connectivity index (χ3v) is 7.71. The number of benzene rings is 6. The number of hydrogen-bond donors (Lipinski definition) is 0. The predicted octanol–water partition coefficient (Wildman–Crippen LogP) is 9.94. The highest BCUT2D eigenvalue weighted by Gasteiger charge is 2.19. The summed E-state index contributed by atoms with van der Waals surface area (Å²) in [7, 11) is 0. The van der Waals surface area contributed by atoms with E-state index in [-0.39, 0.29) is 0 Å². The quantitative estimate of drug-likeness (QED) is 0.204. The third-order valence-electron chi connectivity index (χ3n) is 7.24. The molecule has 148 valence electrons. The fourth-order valence-corrected chi connectivity index (χ4v) is 6.33. The second kappa shape index (κ2) is 5.72. The SMILES string of the molecule is Clc1ccc2c(c1)c1cc3c(cc4c5cc(Cl)ccc5c5cccc3c54)c3cccc2c31. The molecule has 0 saturated carbocycles. The van der Waals surface area contributed by atoms with Crippen LogP contribution < -0.4 is 0 Å². The van der Waals surface area contributed by atoms with Crippen molar-refractivity contribution in [3.05, 3.63) is 95.0 Å². The molecule has 0 atom stereocenters. The van der Waals surface area contributed by atoms with Gasteiger partial charge in [0, 0.05) is 10.0 Å². The topological polar surface area (TPSA) is 0 Å². The first kappa shape index (κ1) is 17.3. The van der Waals surface area contributed by atoms with Crippen LogP contribution in [-0.4, -0.2) is 0 Å². The first-order valence-corrected chi connectivity index (χ1v) is 11.5. The first-order valence-electron chi connectivity index (χ1n) is 10.7. The van der Waals surface area contributed by atoms with Crippen molar-refractivity contribution in [3.8, 4) is 0 Å². The molecule has 0 aliphatic rings. The van der Waals surface area contributed by atoms with E-state index in [1.165, 1.54) is 75.4 Å². The van der Waals surface area contributed by atoms with E-state index in [0.29, 0.717) is 0 Å². The van der Waals surface area contributed by atoms with Gasteiger partial charge in [-0.3, -0.25) is 0 Å². The van der Waals surface area contributed by atoms with Gasteiger partial charge in [-0.15, -0.1) is 0 Å². The zero-order valence-corrected chi connectivity index (χ0v) is 18.4. The van der Waals surface area contributed by atoms with Gasteiger partial charge in [0.1, 0.15) is 0 Å². The molecule has 8 aromatic rings. The molecule has 8 aromatic carbocycles. The highest BCUT2D eigenvalue weighted by Crippen LogP contribution is 2.47. The molecule has 0 aliphatic heterocycles. The van der Waals surface area contributed by atoms with E-state index in [0.717, 1.165) is 10.0 Å². The first-order chi connectivity index (χ1) is 15.7. The van der Waals surface area contributed by atoms with Gasteiger partial charge in [0.2, 0.25) is 0 Å². The lowest BCUT2D eigenvalue weighted by Crippen LogP contribution is -1.82. The van der Waals surface area contributed by atoms with Crippen molar-refractivity contribution in [2.24, 2.45) is 0 Å². The molecule has 8 rings (SSSR count). The third kappa shape index (κ3) is 1.96. The van der Waals surface area contributed by atoms with Crippen molar-refractivity contribution in [1.82, 2.24) is 0 Å². The van der Waals surface area contributed by atoms with Crippen molar-refractivity contribution in [2.75, 3.05) is 0 Å². The smallest absolute Gasteiger partial charge is 0.0412 e. The lowest BCUT2D eigenvalue weighted by molar-refractivity contribution is 1.85. The molecule has 0 N–H and O–H groups in total. The zero-order chi connectivity index (χ0) is 21.1. The molecular formula is C30H14Cl2. The van der Waals surface area contributed by atoms with E-state index >= 15 is 0 Å². The summed E-state index contributed by atoms with van der Waals surface area (Å²) < 4.78 is 0. The molecule has 0 fully saturated rings. The minimum atomic E-state index is 0.775. The Morgan fingerprint density at radius 1 is 0.312 bits per heavy atom. The van der Waals surface area contributed by atoms with Gasteiger partial charge in [-0.1, -0.05) is 71.7 Å². The summed E-state index contributed by atoms with van der Waals surface area (Å²) in [6, 6.07) is 30.6. The second-order valence-electron chi connectivity index (χ2n) is 8.78. The van der Waals surface area contributed by atoms with Crippen LogP contribution in [0.15, 0.2) is 84.9 Å². The average Bonchev–Trinajstić information content (AvgIpc) is 3.29. The van der Waals surface area contributed by atoms with Gasteiger partial charge in [-0.25, -0.2) is 0 Å². The predicted molar refractivity (Wildman–Crippen MR) is 141 cm³/mol. The van der Waals surface area contributed by atoms with Gasteiger partial charge in [0.05, 0.1) is 0 Å². The molecule has 0 aliphatic carbocycles. The average molecular weight is 445 g/mol. The van der Waals surface area contributed by atoms with Crippen LogP contribution in [0.2, 0.25) is 10.0 Å². The maximum absolute atomic E-state index is 6.42. The van der Waals surface area contributed by atoms with E-state index in [2.05, 4.69) is 72.8 Å². The summed E-state index contributed by atoms with van der Waals surface area (Å²) in [6.07, 6.45) is 0. The Balaban J connectivity index is 1.73. The Morgan fingerprint density at radius 3 is 1.12 bits per heavy atom. The Labute approximate surface area is 193 Å². The van der Waals surface area contributed by atoms with Gasteiger partial charge < -0.3 is 0 Å². The van der Waals surface area contributed by atoms with Crippen LogP contribution in [0.1, 0.15) is 0 Å². The Bertz CT molecular complexity index is 1900. The summed E-state index contributed by atoms with van der Waals surface area (Å²) in [4.78, 5) is 0. The normalized spacial score (nSPS) is 12.7. The number of rotatable bonds is 0. The van der Waals surface area contributed by atoms with Crippen LogP contribution in [0, 0.1) is 0 Å². The number of halogens is 2. The van der Waals surface area contributed by atoms with Crippen molar-refractivity contribution in [2.45, 2.75) is 0 Å². The molecule has 0 spiro atoms. The molecule has 0 nitrogen and oxygen atoms in total. The molecule has 2 heteroatoms. The maximum atomic E-state index is 6.42. The minimum absolute atomic E-state index is 0.775. The Hall–Kier alpha value is -3.32. The molecule has 0 aromatic heterocycles.